The van der Waals surface area contributed by atoms with E-state index in [1.54, 1.807) is 24.7 Å². The van der Waals surface area contributed by atoms with E-state index >= 15 is 0 Å². The minimum atomic E-state index is 0.330. The Hall–Kier alpha value is -1.97. The second-order valence-electron chi connectivity index (χ2n) is 2.62. The zero-order chi connectivity index (χ0) is 9.64. The first-order chi connectivity index (χ1) is 6.95. The fourth-order valence-electron chi connectivity index (χ4n) is 0.957. The second kappa shape index (κ2) is 4.32. The molecule has 2 aromatic heterocycles. The van der Waals surface area contributed by atoms with Gasteiger partial charge in [0.1, 0.15) is 6.61 Å². The lowest BCUT2D eigenvalue weighted by Crippen LogP contribution is -1.98. The van der Waals surface area contributed by atoms with Crippen molar-refractivity contribution < 1.29 is 4.74 Å². The van der Waals surface area contributed by atoms with Gasteiger partial charge in [-0.25, -0.2) is 4.98 Å². The molecule has 0 saturated heterocycles. The normalized spacial score (nSPS) is 9.71. The van der Waals surface area contributed by atoms with Crippen molar-refractivity contribution in [2.24, 2.45) is 0 Å². The van der Waals surface area contributed by atoms with E-state index in [2.05, 4.69) is 21.1 Å². The summed E-state index contributed by atoms with van der Waals surface area (Å²) in [5.74, 6) is 0. The molecule has 0 N–H and O–H groups in total. The van der Waals surface area contributed by atoms with Gasteiger partial charge in [-0.2, -0.15) is 4.98 Å². The average Bonchev–Trinajstić information content (AvgIpc) is 2.29. The smallest absolute Gasteiger partial charge is 0.317 e. The van der Waals surface area contributed by atoms with Crippen LogP contribution in [-0.2, 0) is 6.61 Å². The lowest BCUT2D eigenvalue weighted by Gasteiger charge is -2.02. The Balaban J connectivity index is 1.96. The first-order valence-electron chi connectivity index (χ1n) is 4.16. The molecule has 4 heteroatoms. The van der Waals surface area contributed by atoms with E-state index in [0.29, 0.717) is 12.6 Å². The molecule has 2 heterocycles. The average molecular weight is 186 g/mol. The molecule has 2 rings (SSSR count). The van der Waals surface area contributed by atoms with E-state index in [1.165, 1.54) is 0 Å². The van der Waals surface area contributed by atoms with Crippen LogP contribution in [0.4, 0.5) is 0 Å². The van der Waals surface area contributed by atoms with Gasteiger partial charge in [0.05, 0.1) is 6.20 Å². The number of nitrogens with zero attached hydrogens (tertiary/aromatic N) is 3. The van der Waals surface area contributed by atoms with E-state index in [-0.39, 0.29) is 0 Å². The summed E-state index contributed by atoms with van der Waals surface area (Å²) >= 11 is 0. The van der Waals surface area contributed by atoms with Crippen LogP contribution in [0.1, 0.15) is 5.56 Å². The fraction of sp³-hybridized carbons (Fsp3) is 0.100. The fourth-order valence-corrected chi connectivity index (χ4v) is 0.957. The summed E-state index contributed by atoms with van der Waals surface area (Å²) in [6.45, 7) is 0.422. The molecule has 4 nitrogen and oxygen atoms in total. The molecule has 0 fully saturated rings. The minimum Gasteiger partial charge on any atom is -0.459 e. The molecule has 0 bridgehead atoms. The van der Waals surface area contributed by atoms with Gasteiger partial charge in [-0.15, -0.1) is 0 Å². The summed E-state index contributed by atoms with van der Waals surface area (Å²) in [4.78, 5) is 11.7. The second-order valence-corrected chi connectivity index (χ2v) is 2.62. The Morgan fingerprint density at radius 2 is 2.36 bits per heavy atom. The summed E-state index contributed by atoms with van der Waals surface area (Å²) in [6, 6.07) is 5.74. The molecule has 0 aromatic carbocycles. The molecule has 69 valence electrons. The van der Waals surface area contributed by atoms with Crippen LogP contribution in [-0.4, -0.2) is 15.0 Å². The van der Waals surface area contributed by atoms with Gasteiger partial charge in [0, 0.05) is 24.2 Å². The number of hydrogen-bond donors (Lipinski definition) is 0. The van der Waals surface area contributed by atoms with Crippen LogP contribution in [0.3, 0.4) is 0 Å². The molecule has 0 aliphatic rings. The van der Waals surface area contributed by atoms with Crippen molar-refractivity contribution in [2.45, 2.75) is 6.61 Å². The van der Waals surface area contributed by atoms with E-state index < -0.39 is 0 Å². The standard InChI is InChI=1S/C10H8N3O/c1-3-9(7-11-4-1)8-14-10-12-5-2-6-13-10/h1-5,7H,8H2. The third-order valence-corrected chi connectivity index (χ3v) is 1.58. The van der Waals surface area contributed by atoms with Crippen molar-refractivity contribution in [2.75, 3.05) is 0 Å². The SMILES string of the molecule is [c]1ccnc(OCc2cccnc2)n1. The van der Waals surface area contributed by atoms with Crippen LogP contribution in [0.25, 0.3) is 0 Å². The summed E-state index contributed by atoms with van der Waals surface area (Å²) in [5.41, 5.74) is 0.986. The number of rotatable bonds is 3. The Labute approximate surface area is 81.6 Å². The first-order valence-corrected chi connectivity index (χ1v) is 4.16. The first kappa shape index (κ1) is 8.62. The molecular formula is C10H8N3O. The van der Waals surface area contributed by atoms with Crippen LogP contribution >= 0.6 is 0 Å². The van der Waals surface area contributed by atoms with E-state index in [1.807, 2.05) is 12.1 Å². The van der Waals surface area contributed by atoms with Crippen molar-refractivity contribution in [3.05, 3.63) is 48.5 Å². The van der Waals surface area contributed by atoms with E-state index in [4.69, 9.17) is 4.74 Å². The number of ether oxygens (including phenoxy) is 1. The predicted molar refractivity (Wildman–Crippen MR) is 49.4 cm³/mol. The van der Waals surface area contributed by atoms with Gasteiger partial charge < -0.3 is 4.74 Å². The highest BCUT2D eigenvalue weighted by atomic mass is 16.5. The Morgan fingerprint density at radius 1 is 1.36 bits per heavy atom. The molecule has 14 heavy (non-hydrogen) atoms. The van der Waals surface area contributed by atoms with Crippen molar-refractivity contribution in [3.8, 4) is 6.01 Å². The highest BCUT2D eigenvalue weighted by Gasteiger charge is 1.96. The van der Waals surface area contributed by atoms with E-state index in [0.717, 1.165) is 5.56 Å². The summed E-state index contributed by atoms with van der Waals surface area (Å²) < 4.78 is 5.30. The van der Waals surface area contributed by atoms with Gasteiger partial charge in [0.15, 0.2) is 0 Å². The monoisotopic (exact) mass is 186 g/mol. The predicted octanol–water partition coefficient (Wildman–Crippen LogP) is 1.25. The van der Waals surface area contributed by atoms with Crippen molar-refractivity contribution in [3.63, 3.8) is 0 Å². The zero-order valence-corrected chi connectivity index (χ0v) is 7.42. The summed E-state index contributed by atoms with van der Waals surface area (Å²) in [6.07, 6.45) is 7.69. The molecule has 2 aromatic rings. The highest BCUT2D eigenvalue weighted by molar-refractivity contribution is 5.07. The molecular weight excluding hydrogens is 178 g/mol. The number of hydrogen-bond acceptors (Lipinski definition) is 4. The van der Waals surface area contributed by atoms with E-state index in [9.17, 15) is 0 Å². The number of aromatic nitrogens is 3. The Morgan fingerprint density at radius 3 is 3.07 bits per heavy atom. The maximum atomic E-state index is 5.30. The van der Waals surface area contributed by atoms with Gasteiger partial charge in [-0.1, -0.05) is 6.07 Å². The van der Waals surface area contributed by atoms with Crippen molar-refractivity contribution in [1.29, 1.82) is 0 Å². The highest BCUT2D eigenvalue weighted by Crippen LogP contribution is 2.02. The third-order valence-electron chi connectivity index (χ3n) is 1.58. The van der Waals surface area contributed by atoms with Crippen LogP contribution in [0, 0.1) is 6.20 Å². The van der Waals surface area contributed by atoms with Gasteiger partial charge >= 0.3 is 6.01 Å². The molecule has 0 spiro atoms. The van der Waals surface area contributed by atoms with Crippen molar-refractivity contribution >= 4 is 0 Å². The molecule has 0 amide bonds. The molecule has 0 saturated carbocycles. The van der Waals surface area contributed by atoms with Crippen molar-refractivity contribution in [1.82, 2.24) is 15.0 Å². The number of pyridine rings is 1. The lowest BCUT2D eigenvalue weighted by molar-refractivity contribution is 0.280. The Bertz CT molecular complexity index is 338. The van der Waals surface area contributed by atoms with Crippen LogP contribution in [0.15, 0.2) is 36.8 Å². The van der Waals surface area contributed by atoms with Gasteiger partial charge in [0.25, 0.3) is 0 Å². The topological polar surface area (TPSA) is 47.9 Å². The van der Waals surface area contributed by atoms with Gasteiger partial charge in [-0.3, -0.25) is 4.98 Å². The maximum Gasteiger partial charge on any atom is 0.317 e. The summed E-state index contributed by atoms with van der Waals surface area (Å²) in [7, 11) is 0. The third kappa shape index (κ3) is 2.26. The molecule has 1 radical (unpaired) electrons. The minimum absolute atomic E-state index is 0.330. The van der Waals surface area contributed by atoms with Crippen LogP contribution in [0.2, 0.25) is 0 Å². The molecule has 0 unspecified atom stereocenters. The van der Waals surface area contributed by atoms with Gasteiger partial charge in [-0.05, 0) is 12.1 Å². The lowest BCUT2D eigenvalue weighted by atomic mass is 10.3. The maximum absolute atomic E-state index is 5.30. The molecule has 0 aliphatic carbocycles. The van der Waals surface area contributed by atoms with Gasteiger partial charge in [0.2, 0.25) is 0 Å². The van der Waals surface area contributed by atoms with Crippen LogP contribution < -0.4 is 4.74 Å². The molecule has 0 aliphatic heterocycles. The largest absolute Gasteiger partial charge is 0.459 e. The summed E-state index contributed by atoms with van der Waals surface area (Å²) in [5, 5.41) is 0. The molecule has 0 atom stereocenters. The Kier molecular flexibility index (Phi) is 2.66. The van der Waals surface area contributed by atoms with Crippen LogP contribution in [0.5, 0.6) is 6.01 Å². The zero-order valence-electron chi connectivity index (χ0n) is 7.42. The quantitative estimate of drug-likeness (QED) is 0.723.